The second-order valence-corrected chi connectivity index (χ2v) is 6.87. The number of benzene rings is 2. The molecule has 0 aromatic heterocycles. The number of carboxylic acids is 1. The van der Waals surface area contributed by atoms with Crippen LogP contribution in [0, 0.1) is 20.8 Å². The number of carbonyl (C=O) groups is 1. The van der Waals surface area contributed by atoms with Crippen molar-refractivity contribution in [2.75, 3.05) is 4.72 Å². The van der Waals surface area contributed by atoms with Gasteiger partial charge in [-0.1, -0.05) is 12.1 Å². The fourth-order valence-corrected chi connectivity index (χ4v) is 3.16. The number of sulfonamides is 1. The van der Waals surface area contributed by atoms with Crippen molar-refractivity contribution in [3.05, 3.63) is 58.7 Å². The van der Waals surface area contributed by atoms with Crippen molar-refractivity contribution in [3.8, 4) is 0 Å². The number of nitrogens with one attached hydrogen (secondary N) is 1. The number of hydrogen-bond acceptors (Lipinski definition) is 3. The summed E-state index contributed by atoms with van der Waals surface area (Å²) in [5.41, 5.74) is 2.82. The zero-order valence-corrected chi connectivity index (χ0v) is 13.4. The number of hydrogen-bond donors (Lipinski definition) is 2. The summed E-state index contributed by atoms with van der Waals surface area (Å²) in [5.74, 6) is -1.10. The molecule has 0 bridgehead atoms. The average Bonchev–Trinajstić information content (AvgIpc) is 2.43. The normalized spacial score (nSPS) is 11.2. The molecular formula is C16H17NO4S. The molecule has 0 radical (unpaired) electrons. The molecule has 0 saturated carbocycles. The van der Waals surface area contributed by atoms with Crippen LogP contribution in [0.3, 0.4) is 0 Å². The molecule has 5 nitrogen and oxygen atoms in total. The third-order valence-electron chi connectivity index (χ3n) is 3.52. The highest BCUT2D eigenvalue weighted by Crippen LogP contribution is 2.22. The van der Waals surface area contributed by atoms with E-state index in [1.54, 1.807) is 25.1 Å². The quantitative estimate of drug-likeness (QED) is 0.907. The van der Waals surface area contributed by atoms with Crippen LogP contribution in [0.1, 0.15) is 27.0 Å². The molecule has 0 atom stereocenters. The second-order valence-electron chi connectivity index (χ2n) is 5.19. The smallest absolute Gasteiger partial charge is 0.335 e. The molecule has 0 aliphatic carbocycles. The first-order valence-corrected chi connectivity index (χ1v) is 8.13. The van der Waals surface area contributed by atoms with Crippen molar-refractivity contribution in [3.63, 3.8) is 0 Å². The van der Waals surface area contributed by atoms with Crippen molar-refractivity contribution >= 4 is 21.7 Å². The van der Waals surface area contributed by atoms with Gasteiger partial charge in [-0.15, -0.1) is 0 Å². The Morgan fingerprint density at radius 3 is 2.18 bits per heavy atom. The van der Waals surface area contributed by atoms with Crippen molar-refractivity contribution in [2.24, 2.45) is 0 Å². The molecule has 0 spiro atoms. The maximum atomic E-state index is 12.4. The monoisotopic (exact) mass is 319 g/mol. The van der Waals surface area contributed by atoms with Crippen LogP contribution in [-0.2, 0) is 10.0 Å². The number of carboxylic acid groups (broad SMARTS) is 1. The van der Waals surface area contributed by atoms with Gasteiger partial charge in [0, 0.05) is 0 Å². The van der Waals surface area contributed by atoms with Crippen molar-refractivity contribution in [2.45, 2.75) is 25.7 Å². The Hall–Kier alpha value is -2.34. The lowest BCUT2D eigenvalue weighted by atomic mass is 10.1. The highest BCUT2D eigenvalue weighted by Gasteiger charge is 2.17. The molecule has 0 amide bonds. The van der Waals surface area contributed by atoms with Crippen molar-refractivity contribution in [1.29, 1.82) is 0 Å². The van der Waals surface area contributed by atoms with Gasteiger partial charge in [0.25, 0.3) is 10.0 Å². The molecule has 0 aliphatic heterocycles. The molecule has 0 fully saturated rings. The lowest BCUT2D eigenvalue weighted by Crippen LogP contribution is -2.14. The Morgan fingerprint density at radius 1 is 0.955 bits per heavy atom. The van der Waals surface area contributed by atoms with Gasteiger partial charge in [0.1, 0.15) is 0 Å². The van der Waals surface area contributed by atoms with Crippen LogP contribution in [-0.4, -0.2) is 19.5 Å². The first-order chi connectivity index (χ1) is 10.2. The zero-order valence-electron chi connectivity index (χ0n) is 12.5. The fraction of sp³-hybridized carbons (Fsp3) is 0.188. The van der Waals surface area contributed by atoms with Gasteiger partial charge in [-0.25, -0.2) is 13.2 Å². The van der Waals surface area contributed by atoms with Gasteiger partial charge < -0.3 is 5.11 Å². The summed E-state index contributed by atoms with van der Waals surface area (Å²) in [5, 5.41) is 9.01. The van der Waals surface area contributed by atoms with E-state index in [1.165, 1.54) is 18.2 Å². The van der Waals surface area contributed by atoms with Crippen LogP contribution in [0.5, 0.6) is 0 Å². The summed E-state index contributed by atoms with van der Waals surface area (Å²) >= 11 is 0. The topological polar surface area (TPSA) is 83.5 Å². The lowest BCUT2D eigenvalue weighted by molar-refractivity contribution is 0.0697. The van der Waals surface area contributed by atoms with E-state index in [0.717, 1.165) is 11.1 Å². The Labute approximate surface area is 129 Å². The predicted octanol–water partition coefficient (Wildman–Crippen LogP) is 3.11. The first-order valence-electron chi connectivity index (χ1n) is 6.65. The van der Waals surface area contributed by atoms with E-state index in [4.69, 9.17) is 5.11 Å². The summed E-state index contributed by atoms with van der Waals surface area (Å²) in [7, 11) is -3.76. The number of rotatable bonds is 4. The van der Waals surface area contributed by atoms with Crippen LogP contribution in [0.15, 0.2) is 41.3 Å². The SMILES string of the molecule is Cc1ccc(S(=O)(=O)Nc2cc(C(=O)O)ccc2C)cc1C. The highest BCUT2D eigenvalue weighted by atomic mass is 32.2. The molecule has 2 rings (SSSR count). The molecule has 6 heteroatoms. The predicted molar refractivity (Wildman–Crippen MR) is 84.9 cm³/mol. The third-order valence-corrected chi connectivity index (χ3v) is 4.88. The molecule has 2 aromatic rings. The van der Waals surface area contributed by atoms with E-state index in [-0.39, 0.29) is 16.1 Å². The van der Waals surface area contributed by atoms with Crippen molar-refractivity contribution < 1.29 is 18.3 Å². The minimum absolute atomic E-state index is 0.0309. The van der Waals surface area contributed by atoms with E-state index in [2.05, 4.69) is 4.72 Å². The summed E-state index contributed by atoms with van der Waals surface area (Å²) in [6, 6.07) is 9.18. The van der Waals surface area contributed by atoms with Crippen LogP contribution in [0.25, 0.3) is 0 Å². The molecule has 0 saturated heterocycles. The summed E-state index contributed by atoms with van der Waals surface area (Å²) in [6.07, 6.45) is 0. The van der Waals surface area contributed by atoms with Crippen LogP contribution in [0.2, 0.25) is 0 Å². The van der Waals surface area contributed by atoms with Gasteiger partial charge in [0.15, 0.2) is 0 Å². The van der Waals surface area contributed by atoms with Gasteiger partial charge in [0.2, 0.25) is 0 Å². The maximum Gasteiger partial charge on any atom is 0.335 e. The Kier molecular flexibility index (Phi) is 4.23. The third kappa shape index (κ3) is 3.28. The average molecular weight is 319 g/mol. The molecule has 2 N–H and O–H groups in total. The number of aromatic carboxylic acids is 1. The minimum atomic E-state index is -3.76. The molecule has 0 heterocycles. The van der Waals surface area contributed by atoms with E-state index in [1.807, 2.05) is 13.8 Å². The molecule has 0 unspecified atom stereocenters. The summed E-state index contributed by atoms with van der Waals surface area (Å²) < 4.78 is 27.3. The van der Waals surface area contributed by atoms with Crippen molar-refractivity contribution in [1.82, 2.24) is 0 Å². The van der Waals surface area contributed by atoms with E-state index >= 15 is 0 Å². The van der Waals surface area contributed by atoms with Crippen LogP contribution >= 0.6 is 0 Å². The van der Waals surface area contributed by atoms with E-state index in [9.17, 15) is 13.2 Å². The number of anilines is 1. The number of aryl methyl sites for hydroxylation is 3. The molecule has 22 heavy (non-hydrogen) atoms. The van der Waals surface area contributed by atoms with Gasteiger partial charge in [-0.2, -0.15) is 0 Å². The Morgan fingerprint density at radius 2 is 1.59 bits per heavy atom. The minimum Gasteiger partial charge on any atom is -0.478 e. The molecular weight excluding hydrogens is 302 g/mol. The molecule has 0 aliphatic rings. The van der Waals surface area contributed by atoms with Gasteiger partial charge in [-0.05, 0) is 61.7 Å². The van der Waals surface area contributed by atoms with E-state index in [0.29, 0.717) is 5.56 Å². The zero-order chi connectivity index (χ0) is 16.5. The molecule has 116 valence electrons. The van der Waals surface area contributed by atoms with Gasteiger partial charge >= 0.3 is 5.97 Å². The van der Waals surface area contributed by atoms with Crippen LogP contribution in [0.4, 0.5) is 5.69 Å². The Balaban J connectivity index is 2.42. The maximum absolute atomic E-state index is 12.4. The second kappa shape index (κ2) is 5.81. The lowest BCUT2D eigenvalue weighted by Gasteiger charge is -2.12. The first kappa shape index (κ1) is 16.0. The fourth-order valence-electron chi connectivity index (χ4n) is 1.95. The molecule has 2 aromatic carbocycles. The van der Waals surface area contributed by atoms with Crippen LogP contribution < -0.4 is 4.72 Å². The van der Waals surface area contributed by atoms with Gasteiger partial charge in [-0.3, -0.25) is 4.72 Å². The summed E-state index contributed by atoms with van der Waals surface area (Å²) in [4.78, 5) is 11.2. The highest BCUT2D eigenvalue weighted by molar-refractivity contribution is 7.92. The van der Waals surface area contributed by atoms with Gasteiger partial charge in [0.05, 0.1) is 16.1 Å². The van der Waals surface area contributed by atoms with E-state index < -0.39 is 16.0 Å². The summed E-state index contributed by atoms with van der Waals surface area (Å²) in [6.45, 7) is 5.45. The Bertz CT molecular complexity index is 841. The largest absolute Gasteiger partial charge is 0.478 e. The standard InChI is InChI=1S/C16H17NO4S/c1-10-5-7-14(8-12(10)3)22(20,21)17-15-9-13(16(18)19)6-4-11(15)2/h4-9,17H,1-3H3,(H,18,19).